The Hall–Kier alpha value is -2.23. The molecule has 0 saturated heterocycles. The minimum Gasteiger partial charge on any atom is -0.308 e. The van der Waals surface area contributed by atoms with Crippen LogP contribution in [0.15, 0.2) is 24.3 Å². The molecule has 21 heavy (non-hydrogen) atoms. The number of pyridine rings is 1. The minimum absolute atomic E-state index is 0.245. The summed E-state index contributed by atoms with van der Waals surface area (Å²) in [6.07, 6.45) is 0.787. The Morgan fingerprint density at radius 2 is 2.10 bits per heavy atom. The van der Waals surface area contributed by atoms with Crippen molar-refractivity contribution in [3.63, 3.8) is 0 Å². The molecule has 0 aliphatic heterocycles. The average Bonchev–Trinajstić information content (AvgIpc) is 2.80. The lowest BCUT2D eigenvalue weighted by Crippen LogP contribution is -2.07. The molecule has 1 aromatic carbocycles. The van der Waals surface area contributed by atoms with E-state index in [1.54, 1.807) is 12.1 Å². The third-order valence-corrected chi connectivity index (χ3v) is 3.64. The normalized spacial score (nSPS) is 11.2. The van der Waals surface area contributed by atoms with Crippen molar-refractivity contribution in [2.75, 3.05) is 0 Å². The molecule has 0 aliphatic rings. The Bertz CT molecular complexity index is 805. The quantitative estimate of drug-likeness (QED) is 0.735. The first-order valence-electron chi connectivity index (χ1n) is 7.08. The summed E-state index contributed by atoms with van der Waals surface area (Å²) >= 11 is 0. The molecule has 0 spiro atoms. The predicted octanol–water partition coefficient (Wildman–Crippen LogP) is 3.60. The number of hydrogen-bond acceptors (Lipinski definition) is 2. The molecule has 107 valence electrons. The van der Waals surface area contributed by atoms with Gasteiger partial charge in [-0.25, -0.2) is 14.4 Å². The van der Waals surface area contributed by atoms with Crippen molar-refractivity contribution in [1.29, 1.82) is 0 Å². The summed E-state index contributed by atoms with van der Waals surface area (Å²) in [6, 6.07) is 9.62. The summed E-state index contributed by atoms with van der Waals surface area (Å²) in [5.41, 5.74) is 4.42. The summed E-state index contributed by atoms with van der Waals surface area (Å²) < 4.78 is 15.9. The van der Waals surface area contributed by atoms with Crippen molar-refractivity contribution in [3.05, 3.63) is 58.8 Å². The van der Waals surface area contributed by atoms with Crippen molar-refractivity contribution in [3.8, 4) is 0 Å². The SMILES string of the molecule is CCc1nc2c(C)cc(C)nc2n1Cc1cc[c]cc1F. The summed E-state index contributed by atoms with van der Waals surface area (Å²) in [6.45, 7) is 6.49. The minimum atomic E-state index is -0.245. The number of fused-ring (bicyclic) bond motifs is 1. The zero-order chi connectivity index (χ0) is 15.0. The fourth-order valence-corrected chi connectivity index (χ4v) is 2.63. The number of nitrogens with zero attached hydrogens (tertiary/aromatic N) is 3. The van der Waals surface area contributed by atoms with Gasteiger partial charge in [0.25, 0.3) is 0 Å². The van der Waals surface area contributed by atoms with E-state index in [2.05, 4.69) is 23.0 Å². The topological polar surface area (TPSA) is 30.7 Å². The maximum absolute atomic E-state index is 13.9. The fraction of sp³-hybridized carbons (Fsp3) is 0.294. The first-order valence-corrected chi connectivity index (χ1v) is 7.08. The second-order valence-electron chi connectivity index (χ2n) is 5.24. The van der Waals surface area contributed by atoms with Crippen LogP contribution in [0.3, 0.4) is 0 Å². The van der Waals surface area contributed by atoms with E-state index in [-0.39, 0.29) is 5.82 Å². The summed E-state index contributed by atoms with van der Waals surface area (Å²) in [7, 11) is 0. The Morgan fingerprint density at radius 3 is 2.81 bits per heavy atom. The van der Waals surface area contributed by atoms with E-state index in [1.165, 1.54) is 6.07 Å². The molecule has 4 heteroatoms. The second-order valence-corrected chi connectivity index (χ2v) is 5.24. The first kappa shape index (κ1) is 13.7. The average molecular weight is 282 g/mol. The van der Waals surface area contributed by atoms with E-state index in [0.29, 0.717) is 12.1 Å². The van der Waals surface area contributed by atoms with Crippen LogP contribution in [0.25, 0.3) is 11.2 Å². The number of imidazole rings is 1. The number of benzene rings is 1. The van der Waals surface area contributed by atoms with E-state index in [0.717, 1.165) is 34.7 Å². The van der Waals surface area contributed by atoms with Crippen LogP contribution in [0.5, 0.6) is 0 Å². The molecular weight excluding hydrogens is 265 g/mol. The highest BCUT2D eigenvalue weighted by molar-refractivity contribution is 5.76. The van der Waals surface area contributed by atoms with Crippen molar-refractivity contribution < 1.29 is 4.39 Å². The number of rotatable bonds is 3. The monoisotopic (exact) mass is 282 g/mol. The Morgan fingerprint density at radius 1 is 1.29 bits per heavy atom. The largest absolute Gasteiger partial charge is 0.308 e. The maximum atomic E-state index is 13.9. The number of hydrogen-bond donors (Lipinski definition) is 0. The van der Waals surface area contributed by atoms with Crippen molar-refractivity contribution in [1.82, 2.24) is 14.5 Å². The summed E-state index contributed by atoms with van der Waals surface area (Å²) in [5.74, 6) is 0.684. The van der Waals surface area contributed by atoms with Gasteiger partial charge in [0.1, 0.15) is 17.2 Å². The van der Waals surface area contributed by atoms with Gasteiger partial charge in [-0.05, 0) is 37.6 Å². The van der Waals surface area contributed by atoms with Gasteiger partial charge >= 0.3 is 0 Å². The maximum Gasteiger partial charge on any atom is 0.160 e. The van der Waals surface area contributed by atoms with Gasteiger partial charge in [-0.15, -0.1) is 0 Å². The summed E-state index contributed by atoms with van der Waals surface area (Å²) in [5, 5.41) is 0. The van der Waals surface area contributed by atoms with Gasteiger partial charge in [0.05, 0.1) is 6.54 Å². The van der Waals surface area contributed by atoms with Crippen LogP contribution in [0.4, 0.5) is 4.39 Å². The molecule has 2 aromatic heterocycles. The smallest absolute Gasteiger partial charge is 0.160 e. The Kier molecular flexibility index (Phi) is 3.45. The molecule has 0 N–H and O–H groups in total. The molecule has 1 radical (unpaired) electrons. The van der Waals surface area contributed by atoms with Crippen LogP contribution in [0.2, 0.25) is 0 Å². The lowest BCUT2D eigenvalue weighted by atomic mass is 10.2. The molecule has 2 heterocycles. The molecule has 0 fully saturated rings. The van der Waals surface area contributed by atoms with Gasteiger partial charge in [-0.1, -0.05) is 19.1 Å². The highest BCUT2D eigenvalue weighted by atomic mass is 19.1. The van der Waals surface area contributed by atoms with Crippen LogP contribution >= 0.6 is 0 Å². The van der Waals surface area contributed by atoms with E-state index in [9.17, 15) is 4.39 Å². The van der Waals surface area contributed by atoms with Crippen molar-refractivity contribution >= 4 is 11.2 Å². The number of halogens is 1. The van der Waals surface area contributed by atoms with E-state index < -0.39 is 0 Å². The molecule has 3 nitrogen and oxygen atoms in total. The Labute approximate surface area is 123 Å². The molecule has 0 bridgehead atoms. The highest BCUT2D eigenvalue weighted by Gasteiger charge is 2.14. The van der Waals surface area contributed by atoms with E-state index in [4.69, 9.17) is 0 Å². The molecular formula is C17H17FN3. The molecule has 0 aliphatic carbocycles. The number of aromatic nitrogens is 3. The molecule has 0 saturated carbocycles. The van der Waals surface area contributed by atoms with Crippen molar-refractivity contribution in [2.24, 2.45) is 0 Å². The summed E-state index contributed by atoms with van der Waals surface area (Å²) in [4.78, 5) is 9.27. The van der Waals surface area contributed by atoms with Crippen LogP contribution in [-0.4, -0.2) is 14.5 Å². The molecule has 0 atom stereocenters. The second kappa shape index (κ2) is 5.28. The van der Waals surface area contributed by atoms with Crippen LogP contribution < -0.4 is 0 Å². The molecule has 0 unspecified atom stereocenters. The van der Waals surface area contributed by atoms with E-state index >= 15 is 0 Å². The number of aryl methyl sites for hydroxylation is 3. The third kappa shape index (κ3) is 2.42. The zero-order valence-electron chi connectivity index (χ0n) is 12.4. The van der Waals surface area contributed by atoms with Gasteiger partial charge in [-0.2, -0.15) is 0 Å². The fourth-order valence-electron chi connectivity index (χ4n) is 2.63. The van der Waals surface area contributed by atoms with E-state index in [1.807, 2.05) is 24.5 Å². The van der Waals surface area contributed by atoms with Gasteiger partial charge in [0, 0.05) is 17.7 Å². The lowest BCUT2D eigenvalue weighted by molar-refractivity contribution is 0.597. The van der Waals surface area contributed by atoms with Gasteiger partial charge < -0.3 is 4.57 Å². The predicted molar refractivity (Wildman–Crippen MR) is 80.7 cm³/mol. The van der Waals surface area contributed by atoms with Crippen molar-refractivity contribution in [2.45, 2.75) is 33.7 Å². The lowest BCUT2D eigenvalue weighted by Gasteiger charge is -2.09. The highest BCUT2D eigenvalue weighted by Crippen LogP contribution is 2.21. The molecule has 3 rings (SSSR count). The Balaban J connectivity index is 2.19. The molecule has 0 amide bonds. The van der Waals surface area contributed by atoms with Gasteiger partial charge in [-0.3, -0.25) is 0 Å². The molecule has 3 aromatic rings. The standard InChI is InChI=1S/C17H17FN3/c1-4-15-20-16-11(2)9-12(3)19-17(16)21(15)10-13-7-5-6-8-14(13)18/h5,7-9H,4,10H2,1-3H3. The van der Waals surface area contributed by atoms with Gasteiger partial charge in [0.2, 0.25) is 0 Å². The van der Waals surface area contributed by atoms with Gasteiger partial charge in [0.15, 0.2) is 5.65 Å². The van der Waals surface area contributed by atoms with Crippen LogP contribution in [-0.2, 0) is 13.0 Å². The zero-order valence-corrected chi connectivity index (χ0v) is 12.4. The van der Waals surface area contributed by atoms with Crippen LogP contribution in [0.1, 0.15) is 29.6 Å². The third-order valence-electron chi connectivity index (χ3n) is 3.64. The first-order chi connectivity index (χ1) is 10.1. The van der Waals surface area contributed by atoms with Crippen LogP contribution in [0, 0.1) is 25.7 Å².